The fraction of sp³-hybridized carbons (Fsp3) is 0.538. The van der Waals surface area contributed by atoms with Gasteiger partial charge in [0, 0.05) is 22.2 Å². The zero-order valence-electron chi connectivity index (χ0n) is 9.70. The molecule has 1 heterocycles. The maximum Gasteiger partial charge on any atom is 0.0931 e. The van der Waals surface area contributed by atoms with Gasteiger partial charge in [-0.25, -0.2) is 0 Å². The molecular formula is C13H17Cl2NO. The van der Waals surface area contributed by atoms with Crippen LogP contribution < -0.4 is 0 Å². The molecule has 4 heteroatoms. The summed E-state index contributed by atoms with van der Waals surface area (Å²) in [6, 6.07) is 5.25. The van der Waals surface area contributed by atoms with Crippen LogP contribution in [0.2, 0.25) is 10.0 Å². The number of rotatable bonds is 3. The van der Waals surface area contributed by atoms with Gasteiger partial charge in [0.05, 0.1) is 6.10 Å². The zero-order valence-corrected chi connectivity index (χ0v) is 11.2. The van der Waals surface area contributed by atoms with E-state index in [-0.39, 0.29) is 0 Å². The molecule has 1 fully saturated rings. The van der Waals surface area contributed by atoms with Crippen molar-refractivity contribution in [3.63, 3.8) is 0 Å². The number of hydrogen-bond acceptors (Lipinski definition) is 2. The summed E-state index contributed by atoms with van der Waals surface area (Å²) in [5.74, 6) is 0. The third-order valence-electron chi connectivity index (χ3n) is 3.20. The van der Waals surface area contributed by atoms with E-state index in [9.17, 15) is 5.11 Å². The van der Waals surface area contributed by atoms with Gasteiger partial charge in [-0.2, -0.15) is 0 Å². The number of piperidine rings is 1. The third-order valence-corrected chi connectivity index (χ3v) is 3.76. The lowest BCUT2D eigenvalue weighted by Gasteiger charge is -2.28. The van der Waals surface area contributed by atoms with Gasteiger partial charge in [0.25, 0.3) is 0 Å². The Morgan fingerprint density at radius 1 is 1.18 bits per heavy atom. The molecule has 94 valence electrons. The Hall–Kier alpha value is -0.280. The Bertz CT molecular complexity index is 378. The average Bonchev–Trinajstić information content (AvgIpc) is 2.30. The topological polar surface area (TPSA) is 23.5 Å². The molecule has 1 aliphatic rings. The highest BCUT2D eigenvalue weighted by atomic mass is 35.5. The van der Waals surface area contributed by atoms with Crippen LogP contribution in [0.1, 0.15) is 30.9 Å². The second-order valence-electron chi connectivity index (χ2n) is 4.54. The SMILES string of the molecule is OC(CN1CCCCC1)c1ccc(Cl)cc1Cl. The third kappa shape index (κ3) is 3.59. The number of β-amino-alcohol motifs (C(OH)–C–C–N with tert-alkyl or cyclic N) is 1. The van der Waals surface area contributed by atoms with Crippen LogP contribution in [0.3, 0.4) is 0 Å². The standard InChI is InChI=1S/C13H17Cl2NO/c14-10-4-5-11(12(15)8-10)13(17)9-16-6-2-1-3-7-16/h4-5,8,13,17H,1-3,6-7,9H2. The Morgan fingerprint density at radius 3 is 2.53 bits per heavy atom. The van der Waals surface area contributed by atoms with Crippen molar-refractivity contribution in [3.8, 4) is 0 Å². The molecule has 1 aromatic rings. The summed E-state index contributed by atoms with van der Waals surface area (Å²) in [5, 5.41) is 11.3. The van der Waals surface area contributed by atoms with E-state index in [0.29, 0.717) is 16.6 Å². The van der Waals surface area contributed by atoms with E-state index in [2.05, 4.69) is 4.90 Å². The smallest absolute Gasteiger partial charge is 0.0931 e. The van der Waals surface area contributed by atoms with Crippen molar-refractivity contribution in [1.29, 1.82) is 0 Å². The lowest BCUT2D eigenvalue weighted by Crippen LogP contribution is -2.33. The van der Waals surface area contributed by atoms with Gasteiger partial charge in [0.1, 0.15) is 0 Å². The summed E-state index contributed by atoms with van der Waals surface area (Å²) in [6.45, 7) is 2.80. The van der Waals surface area contributed by atoms with Crippen molar-refractivity contribution in [3.05, 3.63) is 33.8 Å². The zero-order chi connectivity index (χ0) is 12.3. The fourth-order valence-corrected chi connectivity index (χ4v) is 2.79. The van der Waals surface area contributed by atoms with Crippen molar-refractivity contribution in [1.82, 2.24) is 4.90 Å². The molecule has 0 spiro atoms. The summed E-state index contributed by atoms with van der Waals surface area (Å²) in [7, 11) is 0. The van der Waals surface area contributed by atoms with Gasteiger partial charge in [-0.05, 0) is 38.1 Å². The molecule has 0 aromatic heterocycles. The highest BCUT2D eigenvalue weighted by molar-refractivity contribution is 6.35. The van der Waals surface area contributed by atoms with E-state index in [4.69, 9.17) is 23.2 Å². The van der Waals surface area contributed by atoms with Gasteiger partial charge in [-0.15, -0.1) is 0 Å². The molecule has 1 N–H and O–H groups in total. The lowest BCUT2D eigenvalue weighted by molar-refractivity contribution is 0.101. The van der Waals surface area contributed by atoms with Gasteiger partial charge in [-0.3, -0.25) is 0 Å². The van der Waals surface area contributed by atoms with Crippen LogP contribution >= 0.6 is 23.2 Å². The fourth-order valence-electron chi connectivity index (χ4n) is 2.26. The number of benzene rings is 1. The molecule has 1 unspecified atom stereocenters. The largest absolute Gasteiger partial charge is 0.387 e. The van der Waals surface area contributed by atoms with Gasteiger partial charge in [-0.1, -0.05) is 35.7 Å². The molecule has 0 bridgehead atoms. The molecule has 2 nitrogen and oxygen atoms in total. The molecule has 0 radical (unpaired) electrons. The number of likely N-dealkylation sites (tertiary alicyclic amines) is 1. The number of nitrogens with zero attached hydrogens (tertiary/aromatic N) is 1. The summed E-state index contributed by atoms with van der Waals surface area (Å²) >= 11 is 11.9. The maximum absolute atomic E-state index is 10.2. The van der Waals surface area contributed by atoms with E-state index < -0.39 is 6.10 Å². The van der Waals surface area contributed by atoms with Gasteiger partial charge < -0.3 is 10.0 Å². The molecule has 1 atom stereocenters. The first-order chi connectivity index (χ1) is 8.16. The van der Waals surface area contributed by atoms with Crippen LogP contribution in [0.5, 0.6) is 0 Å². The van der Waals surface area contributed by atoms with Crippen molar-refractivity contribution < 1.29 is 5.11 Å². The first-order valence-corrected chi connectivity index (χ1v) is 6.78. The number of halogens is 2. The highest BCUT2D eigenvalue weighted by Crippen LogP contribution is 2.27. The van der Waals surface area contributed by atoms with Crippen LogP contribution in [0.4, 0.5) is 0 Å². The molecule has 17 heavy (non-hydrogen) atoms. The van der Waals surface area contributed by atoms with Crippen molar-refractivity contribution in [2.45, 2.75) is 25.4 Å². The first-order valence-electron chi connectivity index (χ1n) is 6.02. The van der Waals surface area contributed by atoms with E-state index in [1.807, 2.05) is 0 Å². The second-order valence-corrected chi connectivity index (χ2v) is 5.39. The van der Waals surface area contributed by atoms with Crippen molar-refractivity contribution in [2.75, 3.05) is 19.6 Å². The predicted molar refractivity (Wildman–Crippen MR) is 71.7 cm³/mol. The number of aliphatic hydroxyl groups excluding tert-OH is 1. The first kappa shape index (κ1) is 13.2. The number of hydrogen-bond donors (Lipinski definition) is 1. The monoisotopic (exact) mass is 273 g/mol. The van der Waals surface area contributed by atoms with Gasteiger partial charge >= 0.3 is 0 Å². The number of aliphatic hydroxyl groups is 1. The summed E-state index contributed by atoms with van der Waals surface area (Å²) in [4.78, 5) is 2.29. The molecular weight excluding hydrogens is 257 g/mol. The predicted octanol–water partition coefficient (Wildman–Crippen LogP) is 3.51. The summed E-state index contributed by atoms with van der Waals surface area (Å²) in [6.07, 6.45) is 3.22. The minimum Gasteiger partial charge on any atom is -0.387 e. The van der Waals surface area contributed by atoms with E-state index >= 15 is 0 Å². The Balaban J connectivity index is 2.00. The van der Waals surface area contributed by atoms with Gasteiger partial charge in [0.15, 0.2) is 0 Å². The Labute approximate surface area is 112 Å². The van der Waals surface area contributed by atoms with E-state index in [1.165, 1.54) is 19.3 Å². The minimum atomic E-state index is -0.530. The van der Waals surface area contributed by atoms with Crippen molar-refractivity contribution >= 4 is 23.2 Å². The van der Waals surface area contributed by atoms with Crippen LogP contribution in [0.25, 0.3) is 0 Å². The van der Waals surface area contributed by atoms with Crippen molar-refractivity contribution in [2.24, 2.45) is 0 Å². The molecule has 1 saturated heterocycles. The molecule has 1 aliphatic heterocycles. The Morgan fingerprint density at radius 2 is 1.88 bits per heavy atom. The van der Waals surface area contributed by atoms with E-state index in [0.717, 1.165) is 18.7 Å². The van der Waals surface area contributed by atoms with E-state index in [1.54, 1.807) is 18.2 Å². The van der Waals surface area contributed by atoms with Crippen LogP contribution in [0.15, 0.2) is 18.2 Å². The van der Waals surface area contributed by atoms with Gasteiger partial charge in [0.2, 0.25) is 0 Å². The Kier molecular flexibility index (Phi) is 4.69. The normalized spacial score (nSPS) is 19.2. The maximum atomic E-state index is 10.2. The molecule has 2 rings (SSSR count). The molecule has 1 aromatic carbocycles. The average molecular weight is 274 g/mol. The molecule has 0 saturated carbocycles. The summed E-state index contributed by atoms with van der Waals surface area (Å²) < 4.78 is 0. The summed E-state index contributed by atoms with van der Waals surface area (Å²) in [5.41, 5.74) is 0.765. The molecule has 0 aliphatic carbocycles. The highest BCUT2D eigenvalue weighted by Gasteiger charge is 2.17. The van der Waals surface area contributed by atoms with Crippen LogP contribution in [-0.2, 0) is 0 Å². The minimum absolute atomic E-state index is 0.530. The lowest BCUT2D eigenvalue weighted by atomic mass is 10.1. The van der Waals surface area contributed by atoms with Crippen LogP contribution in [-0.4, -0.2) is 29.6 Å². The second kappa shape index (κ2) is 6.05. The van der Waals surface area contributed by atoms with Crippen LogP contribution in [0, 0.1) is 0 Å². The molecule has 0 amide bonds. The quantitative estimate of drug-likeness (QED) is 0.911.